The summed E-state index contributed by atoms with van der Waals surface area (Å²) < 4.78 is 0. The van der Waals surface area contributed by atoms with Crippen LogP contribution in [0.4, 0.5) is 4.79 Å². The van der Waals surface area contributed by atoms with Gasteiger partial charge in [0, 0.05) is 83.5 Å². The summed E-state index contributed by atoms with van der Waals surface area (Å²) in [5.41, 5.74) is 3.09. The van der Waals surface area contributed by atoms with Crippen molar-refractivity contribution in [3.05, 3.63) is 70.8 Å². The maximum Gasteiger partial charge on any atom is 0.317 e. The van der Waals surface area contributed by atoms with E-state index < -0.39 is 0 Å². The number of nitrogens with zero attached hydrogens (tertiary/aromatic N) is 4. The Balaban J connectivity index is 1.20. The number of carbonyl (C=O) groups excluding carboxylic acids is 4. The fraction of sp³-hybridized carbons (Fsp3) is 0.429. The molecule has 2 heterocycles. The first kappa shape index (κ1) is 27.1. The molecule has 0 unspecified atom stereocenters. The van der Waals surface area contributed by atoms with Gasteiger partial charge in [-0.25, -0.2) is 4.79 Å². The second-order valence-electron chi connectivity index (χ2n) is 9.84. The van der Waals surface area contributed by atoms with Gasteiger partial charge in [0.1, 0.15) is 0 Å². The van der Waals surface area contributed by atoms with E-state index in [1.165, 1.54) is 6.92 Å². The van der Waals surface area contributed by atoms with Crippen molar-refractivity contribution < 1.29 is 19.2 Å². The molecule has 0 radical (unpaired) electrons. The predicted octanol–water partition coefficient (Wildman–Crippen LogP) is 1.38. The van der Waals surface area contributed by atoms with E-state index in [1.54, 1.807) is 21.9 Å². The highest BCUT2D eigenvalue weighted by molar-refractivity contribution is 5.95. The molecule has 0 aliphatic carbocycles. The smallest absolute Gasteiger partial charge is 0.317 e. The van der Waals surface area contributed by atoms with E-state index >= 15 is 0 Å². The summed E-state index contributed by atoms with van der Waals surface area (Å²) in [4.78, 5) is 56.9. The number of piperazine rings is 2. The van der Waals surface area contributed by atoms with Gasteiger partial charge in [-0.1, -0.05) is 24.3 Å². The summed E-state index contributed by atoms with van der Waals surface area (Å²) >= 11 is 0. The zero-order chi connectivity index (χ0) is 27.1. The highest BCUT2D eigenvalue weighted by Crippen LogP contribution is 2.13. The predicted molar refractivity (Wildman–Crippen MR) is 144 cm³/mol. The van der Waals surface area contributed by atoms with Crippen LogP contribution in [0.2, 0.25) is 0 Å². The van der Waals surface area contributed by atoms with Gasteiger partial charge in [0.2, 0.25) is 5.91 Å². The van der Waals surface area contributed by atoms with E-state index in [-0.39, 0.29) is 23.8 Å². The number of likely N-dealkylation sites (N-methyl/N-ethyl adjacent to an activating group) is 1. The molecule has 10 nitrogen and oxygen atoms in total. The summed E-state index contributed by atoms with van der Waals surface area (Å²) in [6.45, 7) is 7.32. The van der Waals surface area contributed by atoms with Crippen LogP contribution in [0.5, 0.6) is 0 Å². The molecule has 2 N–H and O–H groups in total. The Hall–Kier alpha value is -3.92. The third-order valence-electron chi connectivity index (χ3n) is 7.03. The summed E-state index contributed by atoms with van der Waals surface area (Å²) in [5.74, 6) is -0.123. The number of hydrogen-bond acceptors (Lipinski definition) is 5. The number of nitrogens with one attached hydrogen (secondary N) is 2. The second-order valence-corrected chi connectivity index (χ2v) is 9.84. The SMILES string of the molecule is CC(=O)NCc1ccc(C(=O)N2CCN(C(=O)NCc3ccc(C(=O)N4CCN(C)CC4)cc3)CC2)cc1. The van der Waals surface area contributed by atoms with Crippen LogP contribution in [-0.2, 0) is 17.9 Å². The molecule has 2 fully saturated rings. The summed E-state index contributed by atoms with van der Waals surface area (Å²) in [6, 6.07) is 14.4. The van der Waals surface area contributed by atoms with Crippen LogP contribution in [0.25, 0.3) is 0 Å². The van der Waals surface area contributed by atoms with Gasteiger partial charge in [-0.15, -0.1) is 0 Å². The van der Waals surface area contributed by atoms with Gasteiger partial charge in [0.15, 0.2) is 0 Å². The third kappa shape index (κ3) is 7.10. The molecular weight excluding hydrogens is 484 g/mol. The highest BCUT2D eigenvalue weighted by atomic mass is 16.2. The molecular formula is C28H36N6O4. The standard InChI is InChI=1S/C28H36N6O4/c1-21(35)29-19-22-3-7-25(8-4-22)27(37)33-15-17-34(18-16-33)28(38)30-20-23-5-9-24(10-6-23)26(36)32-13-11-31(2)12-14-32/h3-10H,11-20H2,1-2H3,(H,29,35)(H,30,38). The van der Waals surface area contributed by atoms with Crippen LogP contribution in [-0.4, -0.2) is 103 Å². The van der Waals surface area contributed by atoms with Crippen molar-refractivity contribution in [1.29, 1.82) is 0 Å². The van der Waals surface area contributed by atoms with Crippen molar-refractivity contribution in [1.82, 2.24) is 30.2 Å². The normalized spacial score (nSPS) is 16.2. The number of carbonyl (C=O) groups is 4. The number of rotatable bonds is 6. The fourth-order valence-electron chi connectivity index (χ4n) is 4.53. The van der Waals surface area contributed by atoms with Crippen molar-refractivity contribution in [2.24, 2.45) is 0 Å². The van der Waals surface area contributed by atoms with Crippen LogP contribution in [0.3, 0.4) is 0 Å². The van der Waals surface area contributed by atoms with Crippen LogP contribution in [0.15, 0.2) is 48.5 Å². The van der Waals surface area contributed by atoms with Gasteiger partial charge in [-0.05, 0) is 42.4 Å². The average molecular weight is 521 g/mol. The van der Waals surface area contributed by atoms with Crippen molar-refractivity contribution in [3.63, 3.8) is 0 Å². The minimum atomic E-state index is -0.169. The van der Waals surface area contributed by atoms with E-state index in [1.807, 2.05) is 41.3 Å². The van der Waals surface area contributed by atoms with Crippen LogP contribution in [0, 0.1) is 0 Å². The molecule has 4 rings (SSSR count). The topological polar surface area (TPSA) is 105 Å². The molecule has 2 aliphatic heterocycles. The summed E-state index contributed by atoms with van der Waals surface area (Å²) in [5, 5.41) is 5.68. The lowest BCUT2D eigenvalue weighted by molar-refractivity contribution is -0.119. The van der Waals surface area contributed by atoms with Crippen LogP contribution < -0.4 is 10.6 Å². The lowest BCUT2D eigenvalue weighted by Gasteiger charge is -2.34. The largest absolute Gasteiger partial charge is 0.352 e. The summed E-state index contributed by atoms with van der Waals surface area (Å²) in [6.07, 6.45) is 0. The van der Waals surface area contributed by atoms with Crippen molar-refractivity contribution in [2.45, 2.75) is 20.0 Å². The Morgan fingerprint density at radius 2 is 1.00 bits per heavy atom. The lowest BCUT2D eigenvalue weighted by Crippen LogP contribution is -2.53. The van der Waals surface area contributed by atoms with Gasteiger partial charge >= 0.3 is 6.03 Å². The van der Waals surface area contributed by atoms with E-state index in [4.69, 9.17) is 0 Å². The summed E-state index contributed by atoms with van der Waals surface area (Å²) in [7, 11) is 2.06. The zero-order valence-corrected chi connectivity index (χ0v) is 22.1. The fourth-order valence-corrected chi connectivity index (χ4v) is 4.53. The Morgan fingerprint density at radius 1 is 0.605 bits per heavy atom. The molecule has 2 aromatic rings. The van der Waals surface area contributed by atoms with Gasteiger partial charge in [-0.2, -0.15) is 0 Å². The molecule has 202 valence electrons. The second kappa shape index (κ2) is 12.6. The van der Waals surface area contributed by atoms with Crippen molar-refractivity contribution in [3.8, 4) is 0 Å². The van der Waals surface area contributed by atoms with E-state index in [0.29, 0.717) is 50.4 Å². The first-order valence-corrected chi connectivity index (χ1v) is 13.0. The van der Waals surface area contributed by atoms with Gasteiger partial charge in [-0.3, -0.25) is 14.4 Å². The molecule has 0 spiro atoms. The highest BCUT2D eigenvalue weighted by Gasteiger charge is 2.25. The van der Waals surface area contributed by atoms with E-state index in [2.05, 4.69) is 22.6 Å². The van der Waals surface area contributed by atoms with Crippen molar-refractivity contribution >= 4 is 23.8 Å². The zero-order valence-electron chi connectivity index (χ0n) is 22.1. The molecule has 10 heteroatoms. The van der Waals surface area contributed by atoms with E-state index in [0.717, 1.165) is 37.3 Å². The van der Waals surface area contributed by atoms with Crippen LogP contribution in [0.1, 0.15) is 38.8 Å². The van der Waals surface area contributed by atoms with Crippen molar-refractivity contribution in [2.75, 3.05) is 59.4 Å². The molecule has 2 aromatic carbocycles. The molecule has 38 heavy (non-hydrogen) atoms. The molecule has 0 saturated carbocycles. The molecule has 0 bridgehead atoms. The van der Waals surface area contributed by atoms with Gasteiger partial charge in [0.25, 0.3) is 11.8 Å². The quantitative estimate of drug-likeness (QED) is 0.599. The molecule has 2 saturated heterocycles. The number of benzene rings is 2. The van der Waals surface area contributed by atoms with Gasteiger partial charge < -0.3 is 30.2 Å². The maximum absolute atomic E-state index is 12.9. The number of urea groups is 1. The first-order valence-electron chi connectivity index (χ1n) is 13.0. The monoisotopic (exact) mass is 520 g/mol. The van der Waals surface area contributed by atoms with Crippen LogP contribution >= 0.6 is 0 Å². The van der Waals surface area contributed by atoms with Gasteiger partial charge in [0.05, 0.1) is 0 Å². The maximum atomic E-state index is 12.9. The minimum Gasteiger partial charge on any atom is -0.352 e. The Kier molecular flexibility index (Phi) is 8.96. The Labute approximate surface area is 223 Å². The molecule has 0 aromatic heterocycles. The number of hydrogen-bond donors (Lipinski definition) is 2. The lowest BCUT2D eigenvalue weighted by atomic mass is 10.1. The Morgan fingerprint density at radius 3 is 1.45 bits per heavy atom. The molecule has 0 atom stereocenters. The third-order valence-corrected chi connectivity index (χ3v) is 7.03. The molecule has 5 amide bonds. The number of amides is 5. The molecule has 2 aliphatic rings. The van der Waals surface area contributed by atoms with E-state index in [9.17, 15) is 19.2 Å². The Bertz CT molecular complexity index is 1130. The minimum absolute atomic E-state index is 0.0436. The average Bonchev–Trinajstić information content (AvgIpc) is 2.95. The first-order chi connectivity index (χ1) is 18.3.